The molecule has 2 N–H and O–H groups in total. The van der Waals surface area contributed by atoms with Crippen molar-refractivity contribution in [1.29, 1.82) is 0 Å². The average molecular weight is 286 g/mol. The van der Waals surface area contributed by atoms with Crippen LogP contribution >= 0.6 is 0 Å². The van der Waals surface area contributed by atoms with Gasteiger partial charge < -0.3 is 10.0 Å². The van der Waals surface area contributed by atoms with Crippen LogP contribution in [0.3, 0.4) is 0 Å². The van der Waals surface area contributed by atoms with E-state index >= 15 is 0 Å². The number of aromatic nitrogens is 3. The van der Waals surface area contributed by atoms with Crippen molar-refractivity contribution in [1.82, 2.24) is 20.1 Å². The van der Waals surface area contributed by atoms with Crippen LogP contribution in [-0.2, 0) is 13.0 Å². The number of phenols is 1. The second-order valence-corrected chi connectivity index (χ2v) is 5.29. The van der Waals surface area contributed by atoms with Crippen LogP contribution in [0.15, 0.2) is 24.3 Å². The summed E-state index contributed by atoms with van der Waals surface area (Å²) in [4.78, 5) is 18.6. The Balaban J connectivity index is 1.79. The number of hydrogen-bond acceptors (Lipinski definition) is 4. The standard InChI is InChI=1S/C15H18N4O2/c1-2-13-16-14(18-17-13)15(21)19(11-6-7-11)9-10-4-3-5-12(20)8-10/h3-5,8,11,20H,2,6-7,9H2,1H3,(H,16,17,18). The Morgan fingerprint density at radius 1 is 1.48 bits per heavy atom. The predicted molar refractivity (Wildman–Crippen MR) is 76.8 cm³/mol. The fourth-order valence-electron chi connectivity index (χ4n) is 2.28. The summed E-state index contributed by atoms with van der Waals surface area (Å²) in [6.45, 7) is 2.42. The number of aromatic amines is 1. The summed E-state index contributed by atoms with van der Waals surface area (Å²) in [5, 5.41) is 16.3. The highest BCUT2D eigenvalue weighted by atomic mass is 16.3. The minimum absolute atomic E-state index is 0.156. The molecule has 0 aliphatic heterocycles. The number of aryl methyl sites for hydroxylation is 1. The van der Waals surface area contributed by atoms with Gasteiger partial charge in [0.1, 0.15) is 11.6 Å². The van der Waals surface area contributed by atoms with E-state index in [0.717, 1.165) is 24.8 Å². The van der Waals surface area contributed by atoms with Crippen molar-refractivity contribution in [3.8, 4) is 5.75 Å². The Morgan fingerprint density at radius 3 is 2.90 bits per heavy atom. The summed E-state index contributed by atoms with van der Waals surface area (Å²) in [5.41, 5.74) is 0.904. The zero-order valence-electron chi connectivity index (χ0n) is 11.9. The number of nitrogens with one attached hydrogen (secondary N) is 1. The molecule has 0 unspecified atom stereocenters. The first-order valence-corrected chi connectivity index (χ1v) is 7.17. The van der Waals surface area contributed by atoms with E-state index in [-0.39, 0.29) is 23.5 Å². The maximum absolute atomic E-state index is 12.6. The van der Waals surface area contributed by atoms with Gasteiger partial charge in [-0.3, -0.25) is 9.89 Å². The van der Waals surface area contributed by atoms with Crippen LogP contribution in [0.1, 0.15) is 41.8 Å². The molecule has 1 fully saturated rings. The van der Waals surface area contributed by atoms with Crippen molar-refractivity contribution >= 4 is 5.91 Å². The highest BCUT2D eigenvalue weighted by Crippen LogP contribution is 2.29. The number of aromatic hydroxyl groups is 1. The lowest BCUT2D eigenvalue weighted by Gasteiger charge is -2.21. The number of benzene rings is 1. The fourth-order valence-corrected chi connectivity index (χ4v) is 2.28. The minimum atomic E-state index is -0.156. The molecule has 1 aliphatic rings. The molecule has 1 saturated carbocycles. The van der Waals surface area contributed by atoms with Gasteiger partial charge in [0.2, 0.25) is 5.82 Å². The molecule has 1 aromatic heterocycles. The summed E-state index contributed by atoms with van der Waals surface area (Å²) >= 11 is 0. The predicted octanol–water partition coefficient (Wildman–Crippen LogP) is 1.88. The van der Waals surface area contributed by atoms with E-state index in [4.69, 9.17) is 0 Å². The van der Waals surface area contributed by atoms with E-state index < -0.39 is 0 Å². The second-order valence-electron chi connectivity index (χ2n) is 5.29. The second kappa shape index (κ2) is 5.55. The lowest BCUT2D eigenvalue weighted by atomic mass is 10.2. The van der Waals surface area contributed by atoms with Gasteiger partial charge in [-0.25, -0.2) is 4.98 Å². The fraction of sp³-hybridized carbons (Fsp3) is 0.400. The lowest BCUT2D eigenvalue weighted by Crippen LogP contribution is -2.33. The monoisotopic (exact) mass is 286 g/mol. The van der Waals surface area contributed by atoms with E-state index in [1.54, 1.807) is 23.1 Å². The molecule has 1 heterocycles. The van der Waals surface area contributed by atoms with Gasteiger partial charge in [-0.1, -0.05) is 19.1 Å². The molecule has 1 aliphatic carbocycles. The normalized spacial score (nSPS) is 14.1. The summed E-state index contributed by atoms with van der Waals surface area (Å²) in [5.74, 6) is 0.990. The average Bonchev–Trinajstić information content (AvgIpc) is 3.20. The van der Waals surface area contributed by atoms with Gasteiger partial charge >= 0.3 is 0 Å². The molecule has 6 nitrogen and oxygen atoms in total. The zero-order chi connectivity index (χ0) is 14.8. The molecule has 0 radical (unpaired) electrons. The molecule has 21 heavy (non-hydrogen) atoms. The van der Waals surface area contributed by atoms with Gasteiger partial charge in [0.25, 0.3) is 5.91 Å². The van der Waals surface area contributed by atoms with Crippen molar-refractivity contribution in [2.75, 3.05) is 0 Å². The molecular formula is C15H18N4O2. The molecule has 3 rings (SSSR count). The number of carbonyl (C=O) groups is 1. The first kappa shape index (κ1) is 13.6. The molecular weight excluding hydrogens is 268 g/mol. The van der Waals surface area contributed by atoms with Crippen LogP contribution in [0.4, 0.5) is 0 Å². The number of amides is 1. The first-order valence-electron chi connectivity index (χ1n) is 7.17. The van der Waals surface area contributed by atoms with Crippen LogP contribution in [0.5, 0.6) is 5.75 Å². The third kappa shape index (κ3) is 3.04. The van der Waals surface area contributed by atoms with Crippen LogP contribution in [0.2, 0.25) is 0 Å². The third-order valence-electron chi connectivity index (χ3n) is 3.57. The SMILES string of the molecule is CCc1nc(C(=O)N(Cc2cccc(O)c2)C2CC2)n[nH]1. The molecule has 0 bridgehead atoms. The molecule has 0 saturated heterocycles. The van der Waals surface area contributed by atoms with Crippen LogP contribution in [0, 0.1) is 0 Å². The number of nitrogens with zero attached hydrogens (tertiary/aromatic N) is 3. The zero-order valence-corrected chi connectivity index (χ0v) is 11.9. The van der Waals surface area contributed by atoms with E-state index in [1.165, 1.54) is 0 Å². The van der Waals surface area contributed by atoms with E-state index in [1.807, 2.05) is 13.0 Å². The van der Waals surface area contributed by atoms with E-state index in [9.17, 15) is 9.90 Å². The van der Waals surface area contributed by atoms with Gasteiger partial charge in [-0.15, -0.1) is 5.10 Å². The molecule has 1 aromatic carbocycles. The van der Waals surface area contributed by atoms with E-state index in [0.29, 0.717) is 12.4 Å². The van der Waals surface area contributed by atoms with Crippen molar-refractivity contribution < 1.29 is 9.90 Å². The molecule has 2 aromatic rings. The Bertz CT molecular complexity index is 649. The summed E-state index contributed by atoms with van der Waals surface area (Å²) in [6, 6.07) is 7.23. The first-order chi connectivity index (χ1) is 10.2. The molecule has 6 heteroatoms. The number of H-pyrrole nitrogens is 1. The van der Waals surface area contributed by atoms with Crippen LogP contribution < -0.4 is 0 Å². The Labute approximate surface area is 122 Å². The highest BCUT2D eigenvalue weighted by molar-refractivity contribution is 5.90. The Kier molecular flexibility index (Phi) is 3.60. The van der Waals surface area contributed by atoms with Gasteiger partial charge in [-0.05, 0) is 30.5 Å². The van der Waals surface area contributed by atoms with Gasteiger partial charge in [0, 0.05) is 19.0 Å². The Hall–Kier alpha value is -2.37. The third-order valence-corrected chi connectivity index (χ3v) is 3.57. The maximum Gasteiger partial charge on any atom is 0.294 e. The minimum Gasteiger partial charge on any atom is -0.508 e. The topological polar surface area (TPSA) is 82.1 Å². The maximum atomic E-state index is 12.6. The quantitative estimate of drug-likeness (QED) is 0.879. The summed E-state index contributed by atoms with van der Waals surface area (Å²) in [7, 11) is 0. The van der Waals surface area contributed by atoms with Gasteiger partial charge in [0.15, 0.2) is 0 Å². The molecule has 110 valence electrons. The van der Waals surface area contributed by atoms with E-state index in [2.05, 4.69) is 15.2 Å². The Morgan fingerprint density at radius 2 is 2.29 bits per heavy atom. The summed E-state index contributed by atoms with van der Waals surface area (Å²) < 4.78 is 0. The number of carbonyl (C=O) groups excluding carboxylic acids is 1. The molecule has 1 amide bonds. The molecule has 0 atom stereocenters. The van der Waals surface area contributed by atoms with Gasteiger partial charge in [0.05, 0.1) is 0 Å². The van der Waals surface area contributed by atoms with Crippen LogP contribution in [0.25, 0.3) is 0 Å². The lowest BCUT2D eigenvalue weighted by molar-refractivity contribution is 0.0717. The summed E-state index contributed by atoms with van der Waals surface area (Å²) in [6.07, 6.45) is 2.74. The molecule has 0 spiro atoms. The van der Waals surface area contributed by atoms with Crippen LogP contribution in [-0.4, -0.2) is 37.1 Å². The number of rotatable bonds is 5. The smallest absolute Gasteiger partial charge is 0.294 e. The largest absolute Gasteiger partial charge is 0.508 e. The van der Waals surface area contributed by atoms with Crippen molar-refractivity contribution in [3.05, 3.63) is 41.5 Å². The van der Waals surface area contributed by atoms with Gasteiger partial charge in [-0.2, -0.15) is 0 Å². The number of phenolic OH excluding ortho intramolecular Hbond substituents is 1. The van der Waals surface area contributed by atoms with Crippen molar-refractivity contribution in [2.45, 2.75) is 38.8 Å². The highest BCUT2D eigenvalue weighted by Gasteiger charge is 2.34. The van der Waals surface area contributed by atoms with Crippen molar-refractivity contribution in [2.24, 2.45) is 0 Å². The van der Waals surface area contributed by atoms with Crippen molar-refractivity contribution in [3.63, 3.8) is 0 Å². The number of hydrogen-bond donors (Lipinski definition) is 2.